The van der Waals surface area contributed by atoms with Crippen LogP contribution in [0.5, 0.6) is 5.75 Å². The molecular weight excluding hydrogens is 238 g/mol. The number of hydrogen-bond donors (Lipinski definition) is 1. The molecule has 0 fully saturated rings. The molecule has 0 unspecified atom stereocenters. The predicted octanol–water partition coefficient (Wildman–Crippen LogP) is 2.30. The number of hydrogen-bond acceptors (Lipinski definition) is 3. The van der Waals surface area contributed by atoms with Gasteiger partial charge in [0.25, 0.3) is 0 Å². The largest absolute Gasteiger partial charge is 0.497 e. The molecule has 4 heteroatoms. The Kier molecular flexibility index (Phi) is 3.03. The summed E-state index contributed by atoms with van der Waals surface area (Å²) in [5.74, 6) is 0.884. The second-order valence-electron chi connectivity index (χ2n) is 4.99. The van der Waals surface area contributed by atoms with Gasteiger partial charge in [-0.3, -0.25) is 4.68 Å². The van der Waals surface area contributed by atoms with E-state index in [1.807, 2.05) is 23.9 Å². The number of nitrogens with zero attached hydrogens (tertiary/aromatic N) is 2. The van der Waals surface area contributed by atoms with E-state index in [1.165, 1.54) is 22.5 Å². The fraction of sp³-hybridized carbons (Fsp3) is 0.400. The molecule has 100 valence electrons. The van der Waals surface area contributed by atoms with Gasteiger partial charge in [0.2, 0.25) is 0 Å². The maximum atomic E-state index is 5.32. The molecule has 1 aromatic carbocycles. The molecule has 1 aliphatic heterocycles. The average molecular weight is 257 g/mol. The van der Waals surface area contributed by atoms with E-state index in [4.69, 9.17) is 4.74 Å². The van der Waals surface area contributed by atoms with E-state index in [1.54, 1.807) is 7.11 Å². The third-order valence-electron chi connectivity index (χ3n) is 3.76. The van der Waals surface area contributed by atoms with Crippen LogP contribution in [0.25, 0.3) is 11.3 Å². The molecule has 4 nitrogen and oxygen atoms in total. The number of aromatic nitrogens is 2. The summed E-state index contributed by atoms with van der Waals surface area (Å²) in [7, 11) is 3.71. The lowest BCUT2D eigenvalue weighted by molar-refractivity contribution is 0.415. The van der Waals surface area contributed by atoms with Crippen molar-refractivity contribution in [3.63, 3.8) is 0 Å². The van der Waals surface area contributed by atoms with Gasteiger partial charge in [0, 0.05) is 24.2 Å². The minimum atomic E-state index is 0.328. The van der Waals surface area contributed by atoms with Crippen molar-refractivity contribution >= 4 is 0 Å². The highest BCUT2D eigenvalue weighted by molar-refractivity contribution is 5.67. The molecule has 1 aliphatic rings. The van der Waals surface area contributed by atoms with Gasteiger partial charge in [-0.15, -0.1) is 0 Å². The minimum Gasteiger partial charge on any atom is -0.497 e. The first-order chi connectivity index (χ1) is 9.20. The van der Waals surface area contributed by atoms with Gasteiger partial charge in [-0.25, -0.2) is 0 Å². The van der Waals surface area contributed by atoms with Crippen molar-refractivity contribution < 1.29 is 4.74 Å². The molecule has 19 heavy (non-hydrogen) atoms. The van der Waals surface area contributed by atoms with Crippen LogP contribution in [0.1, 0.15) is 24.2 Å². The lowest BCUT2D eigenvalue weighted by atomic mass is 9.97. The van der Waals surface area contributed by atoms with Gasteiger partial charge in [0.15, 0.2) is 0 Å². The Hall–Kier alpha value is -1.81. The van der Waals surface area contributed by atoms with Crippen LogP contribution in [0.4, 0.5) is 0 Å². The van der Waals surface area contributed by atoms with Gasteiger partial charge in [-0.2, -0.15) is 5.10 Å². The van der Waals surface area contributed by atoms with E-state index in [-0.39, 0.29) is 0 Å². The quantitative estimate of drug-likeness (QED) is 0.897. The van der Waals surface area contributed by atoms with E-state index in [2.05, 4.69) is 29.5 Å². The van der Waals surface area contributed by atoms with Gasteiger partial charge in [-0.1, -0.05) is 12.1 Å². The first kappa shape index (κ1) is 12.2. The Balaban J connectivity index is 2.14. The number of rotatable bonds is 2. The average Bonchev–Trinajstić information content (AvgIpc) is 2.77. The number of ether oxygens (including phenoxy) is 1. The van der Waals surface area contributed by atoms with Crippen molar-refractivity contribution in [1.82, 2.24) is 15.1 Å². The summed E-state index contributed by atoms with van der Waals surface area (Å²) in [4.78, 5) is 0. The zero-order chi connectivity index (χ0) is 13.4. The maximum absolute atomic E-state index is 5.32. The third-order valence-corrected chi connectivity index (χ3v) is 3.76. The lowest BCUT2D eigenvalue weighted by Gasteiger charge is -2.19. The monoisotopic (exact) mass is 257 g/mol. The molecule has 0 aliphatic carbocycles. The van der Waals surface area contributed by atoms with E-state index < -0.39 is 0 Å². The predicted molar refractivity (Wildman–Crippen MR) is 75.3 cm³/mol. The van der Waals surface area contributed by atoms with Crippen molar-refractivity contribution in [2.75, 3.05) is 13.7 Å². The molecule has 3 rings (SSSR count). The summed E-state index contributed by atoms with van der Waals surface area (Å²) in [5.41, 5.74) is 4.92. The topological polar surface area (TPSA) is 39.1 Å². The van der Waals surface area contributed by atoms with Gasteiger partial charge < -0.3 is 10.1 Å². The smallest absolute Gasteiger partial charge is 0.119 e. The highest BCUT2D eigenvalue weighted by Gasteiger charge is 2.24. The van der Waals surface area contributed by atoms with Crippen LogP contribution >= 0.6 is 0 Å². The molecule has 1 N–H and O–H groups in total. The molecule has 0 saturated heterocycles. The van der Waals surface area contributed by atoms with E-state index in [0.29, 0.717) is 6.04 Å². The fourth-order valence-corrected chi connectivity index (χ4v) is 2.82. The van der Waals surface area contributed by atoms with Crippen LogP contribution in [0, 0.1) is 0 Å². The van der Waals surface area contributed by atoms with Crippen LogP contribution in [0.15, 0.2) is 24.3 Å². The Morgan fingerprint density at radius 3 is 3.05 bits per heavy atom. The van der Waals surface area contributed by atoms with Crippen molar-refractivity contribution in [1.29, 1.82) is 0 Å². The number of benzene rings is 1. The summed E-state index contributed by atoms with van der Waals surface area (Å²) >= 11 is 0. The van der Waals surface area contributed by atoms with Crippen molar-refractivity contribution in [3.05, 3.63) is 35.5 Å². The zero-order valence-corrected chi connectivity index (χ0v) is 11.6. The number of aryl methyl sites for hydroxylation is 1. The fourth-order valence-electron chi connectivity index (χ4n) is 2.82. The minimum absolute atomic E-state index is 0.328. The van der Waals surface area contributed by atoms with Crippen LogP contribution in [0.2, 0.25) is 0 Å². The van der Waals surface area contributed by atoms with E-state index >= 15 is 0 Å². The highest BCUT2D eigenvalue weighted by atomic mass is 16.5. The standard InChI is InChI=1S/C15H19N3O/c1-10-14-13(7-8-16-10)15(18(2)17-14)11-5-4-6-12(9-11)19-3/h4-6,9-10,16H,7-8H2,1-3H3/t10-/m0/s1. The maximum Gasteiger partial charge on any atom is 0.119 e. The second-order valence-corrected chi connectivity index (χ2v) is 4.99. The van der Waals surface area contributed by atoms with E-state index in [0.717, 1.165) is 18.7 Å². The molecule has 0 bridgehead atoms. The first-order valence-corrected chi connectivity index (χ1v) is 6.64. The van der Waals surface area contributed by atoms with Gasteiger partial charge in [0.1, 0.15) is 5.75 Å². The molecular formula is C15H19N3O. The SMILES string of the molecule is COc1cccc(-c2c3c(nn2C)[C@H](C)NCC3)c1. The summed E-state index contributed by atoms with van der Waals surface area (Å²) < 4.78 is 7.30. The molecule has 1 atom stereocenters. The molecule has 0 amide bonds. The van der Waals surface area contributed by atoms with Crippen LogP contribution < -0.4 is 10.1 Å². The summed E-state index contributed by atoms with van der Waals surface area (Å²) in [6.07, 6.45) is 1.03. The van der Waals surface area contributed by atoms with E-state index in [9.17, 15) is 0 Å². The summed E-state index contributed by atoms with van der Waals surface area (Å²) in [6.45, 7) is 3.18. The molecule has 0 spiro atoms. The Morgan fingerprint density at radius 1 is 1.42 bits per heavy atom. The normalized spacial score (nSPS) is 18.2. The van der Waals surface area contributed by atoms with Crippen LogP contribution in [0.3, 0.4) is 0 Å². The molecule has 0 saturated carbocycles. The Labute approximate surface area is 113 Å². The molecule has 2 heterocycles. The zero-order valence-electron chi connectivity index (χ0n) is 11.6. The number of nitrogens with one attached hydrogen (secondary N) is 1. The molecule has 2 aromatic rings. The van der Waals surface area contributed by atoms with Crippen LogP contribution in [-0.2, 0) is 13.5 Å². The number of fused-ring (bicyclic) bond motifs is 1. The highest BCUT2D eigenvalue weighted by Crippen LogP contribution is 2.32. The molecule has 1 aromatic heterocycles. The van der Waals surface area contributed by atoms with Crippen LogP contribution in [-0.4, -0.2) is 23.4 Å². The van der Waals surface area contributed by atoms with Gasteiger partial charge >= 0.3 is 0 Å². The van der Waals surface area contributed by atoms with Gasteiger partial charge in [-0.05, 0) is 32.0 Å². The van der Waals surface area contributed by atoms with Crippen molar-refractivity contribution in [2.45, 2.75) is 19.4 Å². The molecule has 0 radical (unpaired) electrons. The van der Waals surface area contributed by atoms with Gasteiger partial charge in [0.05, 0.1) is 18.5 Å². The summed E-state index contributed by atoms with van der Waals surface area (Å²) in [5, 5.41) is 8.13. The first-order valence-electron chi connectivity index (χ1n) is 6.64. The third kappa shape index (κ3) is 2.02. The lowest BCUT2D eigenvalue weighted by Crippen LogP contribution is -2.27. The Bertz CT molecular complexity index is 603. The van der Waals surface area contributed by atoms with Crippen molar-refractivity contribution in [2.24, 2.45) is 7.05 Å². The number of methoxy groups -OCH3 is 1. The Morgan fingerprint density at radius 2 is 2.26 bits per heavy atom. The van der Waals surface area contributed by atoms with Crippen molar-refractivity contribution in [3.8, 4) is 17.0 Å². The summed E-state index contributed by atoms with van der Waals surface area (Å²) in [6, 6.07) is 8.51. The second kappa shape index (κ2) is 4.70.